The quantitative estimate of drug-likeness (QED) is 0.793. The third kappa shape index (κ3) is 4.06. The van der Waals surface area contributed by atoms with Gasteiger partial charge in [0.25, 0.3) is 0 Å². The molecule has 0 aromatic carbocycles. The summed E-state index contributed by atoms with van der Waals surface area (Å²) in [6.07, 6.45) is 10.6. The Morgan fingerprint density at radius 2 is 1.64 bits per heavy atom. The van der Waals surface area contributed by atoms with Gasteiger partial charge in [0.05, 0.1) is 23.2 Å². The topological polar surface area (TPSA) is 71.3 Å². The van der Waals surface area contributed by atoms with Crippen molar-refractivity contribution in [2.45, 2.75) is 69.2 Å². The molecule has 3 aliphatic rings. The Morgan fingerprint density at radius 3 is 2.28 bits per heavy atom. The van der Waals surface area contributed by atoms with Gasteiger partial charge in [0.15, 0.2) is 0 Å². The van der Waals surface area contributed by atoms with Gasteiger partial charge < -0.3 is 0 Å². The van der Waals surface area contributed by atoms with Gasteiger partial charge in [0, 0.05) is 19.6 Å². The zero-order valence-electron chi connectivity index (χ0n) is 14.9. The second kappa shape index (κ2) is 7.32. The number of sulfonamides is 1. The monoisotopic (exact) mass is 367 g/mol. The zero-order valence-corrected chi connectivity index (χ0v) is 15.7. The van der Waals surface area contributed by atoms with Crippen molar-refractivity contribution >= 4 is 10.0 Å². The first-order valence-electron chi connectivity index (χ1n) is 9.75. The van der Waals surface area contributed by atoms with Gasteiger partial charge in [-0.05, 0) is 51.6 Å². The molecule has 2 saturated heterocycles. The summed E-state index contributed by atoms with van der Waals surface area (Å²) < 4.78 is 28.3. The number of aromatic nitrogens is 3. The molecule has 3 heterocycles. The van der Waals surface area contributed by atoms with Crippen LogP contribution >= 0.6 is 0 Å². The third-order valence-electron chi connectivity index (χ3n) is 5.75. The summed E-state index contributed by atoms with van der Waals surface area (Å²) in [5.41, 5.74) is 1.04. The zero-order chi connectivity index (χ0) is 17.3. The van der Waals surface area contributed by atoms with E-state index in [1.807, 2.05) is 4.68 Å². The molecule has 1 aromatic heterocycles. The van der Waals surface area contributed by atoms with Gasteiger partial charge in [0.2, 0.25) is 10.0 Å². The van der Waals surface area contributed by atoms with E-state index >= 15 is 0 Å². The number of hydrogen-bond donors (Lipinski definition) is 0. The lowest BCUT2D eigenvalue weighted by Gasteiger charge is -2.31. The third-order valence-corrected chi connectivity index (χ3v) is 8.14. The molecule has 8 heteroatoms. The first kappa shape index (κ1) is 17.4. The van der Waals surface area contributed by atoms with Gasteiger partial charge in [-0.3, -0.25) is 4.90 Å². The number of piperidine rings is 1. The standard InChI is InChI=1S/C17H29N5O2S/c23-25(24,17-5-6-17)21-11-7-16(8-12-21)22-14-15(18-19-22)13-20-9-3-1-2-4-10-20/h14,16-17H,1-13H2. The van der Waals surface area contributed by atoms with E-state index in [0.717, 1.165) is 51.0 Å². The van der Waals surface area contributed by atoms with Gasteiger partial charge >= 0.3 is 0 Å². The first-order chi connectivity index (χ1) is 12.1. The minimum absolute atomic E-state index is 0.101. The molecule has 0 radical (unpaired) electrons. The minimum atomic E-state index is -3.03. The maximum Gasteiger partial charge on any atom is 0.216 e. The highest BCUT2D eigenvalue weighted by atomic mass is 32.2. The molecule has 1 saturated carbocycles. The average molecular weight is 368 g/mol. The molecule has 0 atom stereocenters. The normalized spacial score (nSPS) is 25.1. The Labute approximate surface area is 150 Å². The van der Waals surface area contributed by atoms with Crippen LogP contribution in [0.25, 0.3) is 0 Å². The van der Waals surface area contributed by atoms with E-state index in [1.165, 1.54) is 25.7 Å². The smallest absolute Gasteiger partial charge is 0.216 e. The fourth-order valence-electron chi connectivity index (χ4n) is 4.03. The molecule has 3 fully saturated rings. The minimum Gasteiger partial charge on any atom is -0.297 e. The van der Waals surface area contributed by atoms with Crippen molar-refractivity contribution in [1.29, 1.82) is 0 Å². The van der Waals surface area contributed by atoms with Crippen LogP contribution in [-0.4, -0.2) is 64.0 Å². The van der Waals surface area contributed by atoms with Crippen LogP contribution in [0.2, 0.25) is 0 Å². The van der Waals surface area contributed by atoms with Crippen molar-refractivity contribution in [3.63, 3.8) is 0 Å². The fourth-order valence-corrected chi connectivity index (χ4v) is 5.90. The molecule has 0 spiro atoms. The highest BCUT2D eigenvalue weighted by Crippen LogP contribution is 2.33. The molecule has 0 bridgehead atoms. The van der Waals surface area contributed by atoms with Crippen molar-refractivity contribution in [3.8, 4) is 0 Å². The van der Waals surface area contributed by atoms with Crippen LogP contribution in [0.5, 0.6) is 0 Å². The number of nitrogens with zero attached hydrogens (tertiary/aromatic N) is 5. The predicted molar refractivity (Wildman–Crippen MR) is 95.6 cm³/mol. The van der Waals surface area contributed by atoms with Gasteiger partial charge in [-0.2, -0.15) is 0 Å². The van der Waals surface area contributed by atoms with E-state index in [0.29, 0.717) is 13.1 Å². The summed E-state index contributed by atoms with van der Waals surface area (Å²) in [4.78, 5) is 2.48. The van der Waals surface area contributed by atoms with Crippen LogP contribution in [0.4, 0.5) is 0 Å². The summed E-state index contributed by atoms with van der Waals surface area (Å²) >= 11 is 0. The van der Waals surface area contributed by atoms with Gasteiger partial charge in [-0.25, -0.2) is 17.4 Å². The van der Waals surface area contributed by atoms with E-state index in [2.05, 4.69) is 21.4 Å². The van der Waals surface area contributed by atoms with Crippen molar-refractivity contribution in [2.24, 2.45) is 0 Å². The number of hydrogen-bond acceptors (Lipinski definition) is 5. The predicted octanol–water partition coefficient (Wildman–Crippen LogP) is 1.78. The SMILES string of the molecule is O=S(=O)(C1CC1)N1CCC(n2cc(CN3CCCCCC3)nn2)CC1. The van der Waals surface area contributed by atoms with E-state index in [4.69, 9.17) is 0 Å². The highest BCUT2D eigenvalue weighted by Gasteiger charge is 2.41. The molecule has 7 nitrogen and oxygen atoms in total. The van der Waals surface area contributed by atoms with E-state index in [9.17, 15) is 8.42 Å². The van der Waals surface area contributed by atoms with Crippen LogP contribution < -0.4 is 0 Å². The van der Waals surface area contributed by atoms with Crippen LogP contribution in [-0.2, 0) is 16.6 Å². The number of likely N-dealkylation sites (tertiary alicyclic amines) is 1. The van der Waals surface area contributed by atoms with Crippen molar-refractivity contribution in [2.75, 3.05) is 26.2 Å². The molecular formula is C17H29N5O2S. The number of rotatable bonds is 5. The lowest BCUT2D eigenvalue weighted by molar-refractivity contribution is 0.258. The van der Waals surface area contributed by atoms with Crippen molar-refractivity contribution in [1.82, 2.24) is 24.2 Å². The fraction of sp³-hybridized carbons (Fsp3) is 0.882. The van der Waals surface area contributed by atoms with E-state index < -0.39 is 10.0 Å². The summed E-state index contributed by atoms with van der Waals surface area (Å²) in [5, 5.41) is 8.60. The van der Waals surface area contributed by atoms with Crippen LogP contribution in [0.3, 0.4) is 0 Å². The van der Waals surface area contributed by atoms with Crippen LogP contribution in [0, 0.1) is 0 Å². The van der Waals surface area contributed by atoms with Crippen LogP contribution in [0.1, 0.15) is 63.1 Å². The highest BCUT2D eigenvalue weighted by molar-refractivity contribution is 7.90. The molecule has 4 rings (SSSR count). The maximum absolute atomic E-state index is 12.3. The summed E-state index contributed by atoms with van der Waals surface area (Å²) in [5.74, 6) is 0. The second-order valence-corrected chi connectivity index (χ2v) is 9.97. The lowest BCUT2D eigenvalue weighted by atomic mass is 10.1. The van der Waals surface area contributed by atoms with Gasteiger partial charge in [-0.15, -0.1) is 5.10 Å². The maximum atomic E-state index is 12.3. The Bertz CT molecular complexity index is 669. The Hall–Kier alpha value is -0.990. The van der Waals surface area contributed by atoms with E-state index in [-0.39, 0.29) is 11.3 Å². The first-order valence-corrected chi connectivity index (χ1v) is 11.3. The molecule has 25 heavy (non-hydrogen) atoms. The molecule has 1 aliphatic carbocycles. The molecule has 0 N–H and O–H groups in total. The van der Waals surface area contributed by atoms with Gasteiger partial charge in [-0.1, -0.05) is 18.1 Å². The molecular weight excluding hydrogens is 338 g/mol. The lowest BCUT2D eigenvalue weighted by Crippen LogP contribution is -2.40. The summed E-state index contributed by atoms with van der Waals surface area (Å²) in [6.45, 7) is 4.43. The summed E-state index contributed by atoms with van der Waals surface area (Å²) in [6, 6.07) is 0.274. The molecule has 2 aliphatic heterocycles. The molecule has 0 amide bonds. The Kier molecular flexibility index (Phi) is 5.11. The van der Waals surface area contributed by atoms with Crippen molar-refractivity contribution in [3.05, 3.63) is 11.9 Å². The molecule has 140 valence electrons. The largest absolute Gasteiger partial charge is 0.297 e. The molecule has 0 unspecified atom stereocenters. The molecule has 1 aromatic rings. The Morgan fingerprint density at radius 1 is 0.960 bits per heavy atom. The average Bonchev–Trinajstić information content (AvgIpc) is 3.41. The van der Waals surface area contributed by atoms with Crippen molar-refractivity contribution < 1.29 is 8.42 Å². The van der Waals surface area contributed by atoms with Crippen LogP contribution in [0.15, 0.2) is 6.20 Å². The van der Waals surface area contributed by atoms with E-state index in [1.54, 1.807) is 4.31 Å². The second-order valence-electron chi connectivity index (χ2n) is 7.75. The Balaban J connectivity index is 1.32. The van der Waals surface area contributed by atoms with Gasteiger partial charge in [0.1, 0.15) is 0 Å². The summed E-state index contributed by atoms with van der Waals surface area (Å²) in [7, 11) is -3.03.